The second-order valence-electron chi connectivity index (χ2n) is 10.5. The zero-order chi connectivity index (χ0) is 32.6. The molecule has 4 aromatic rings. The number of hydrogen-bond donors (Lipinski definition) is 1. The third-order valence-corrected chi connectivity index (χ3v) is 9.96. The first-order valence-corrected chi connectivity index (χ1v) is 17.0. The molecule has 45 heavy (non-hydrogen) atoms. The van der Waals surface area contributed by atoms with Gasteiger partial charge in [0.1, 0.15) is 12.6 Å². The topological polar surface area (TPSA) is 86.8 Å². The van der Waals surface area contributed by atoms with Crippen molar-refractivity contribution in [3.8, 4) is 0 Å². The van der Waals surface area contributed by atoms with Gasteiger partial charge in [-0.1, -0.05) is 102 Å². The first kappa shape index (κ1) is 34.3. The molecule has 236 valence electrons. The Morgan fingerprint density at radius 2 is 1.49 bits per heavy atom. The number of rotatable bonds is 13. The lowest BCUT2D eigenvalue weighted by atomic mass is 10.0. The number of halogens is 3. The predicted molar refractivity (Wildman–Crippen MR) is 181 cm³/mol. The van der Waals surface area contributed by atoms with Gasteiger partial charge in [0.25, 0.3) is 10.0 Å². The molecule has 0 aromatic heterocycles. The Labute approximate surface area is 279 Å². The molecule has 1 unspecified atom stereocenters. The third-order valence-electron chi connectivity index (χ3n) is 7.21. The van der Waals surface area contributed by atoms with Crippen molar-refractivity contribution >= 4 is 62.3 Å². The number of carbonyl (C=O) groups excluding carboxylic acids is 2. The minimum absolute atomic E-state index is 0.00901. The summed E-state index contributed by atoms with van der Waals surface area (Å²) in [5.74, 6) is -0.946. The largest absolute Gasteiger partial charge is 0.354 e. The average Bonchev–Trinajstić information content (AvgIpc) is 3.04. The van der Waals surface area contributed by atoms with Crippen molar-refractivity contribution in [2.75, 3.05) is 17.4 Å². The highest BCUT2D eigenvalue weighted by atomic mass is 35.5. The molecule has 0 fully saturated rings. The quantitative estimate of drug-likeness (QED) is 0.160. The molecule has 4 aromatic carbocycles. The summed E-state index contributed by atoms with van der Waals surface area (Å²) < 4.78 is 29.3. The molecule has 0 spiro atoms. The van der Waals surface area contributed by atoms with E-state index >= 15 is 0 Å². The maximum absolute atomic E-state index is 14.5. The fraction of sp³-hybridized carbons (Fsp3) is 0.235. The molecule has 4 rings (SSSR count). The van der Waals surface area contributed by atoms with Crippen LogP contribution in [0.4, 0.5) is 5.69 Å². The smallest absolute Gasteiger partial charge is 0.264 e. The first-order valence-electron chi connectivity index (χ1n) is 14.4. The van der Waals surface area contributed by atoms with E-state index in [-0.39, 0.29) is 29.5 Å². The van der Waals surface area contributed by atoms with Gasteiger partial charge in [0.15, 0.2) is 0 Å². The molecule has 0 bridgehead atoms. The van der Waals surface area contributed by atoms with E-state index < -0.39 is 28.5 Å². The summed E-state index contributed by atoms with van der Waals surface area (Å²) in [6, 6.07) is 26.1. The molecule has 0 aliphatic carbocycles. The number of anilines is 1. The second-order valence-corrected chi connectivity index (χ2v) is 13.6. The number of sulfonamides is 1. The Morgan fingerprint density at radius 3 is 2.13 bits per heavy atom. The van der Waals surface area contributed by atoms with Gasteiger partial charge in [-0.25, -0.2) is 8.42 Å². The average molecular weight is 687 g/mol. The highest BCUT2D eigenvalue weighted by molar-refractivity contribution is 7.92. The predicted octanol–water partition coefficient (Wildman–Crippen LogP) is 7.32. The zero-order valence-electron chi connectivity index (χ0n) is 24.9. The molecule has 0 aliphatic rings. The lowest BCUT2D eigenvalue weighted by Crippen LogP contribution is -2.53. The molecule has 1 N–H and O–H groups in total. The Kier molecular flexibility index (Phi) is 11.9. The van der Waals surface area contributed by atoms with Crippen LogP contribution in [0.5, 0.6) is 0 Å². The summed E-state index contributed by atoms with van der Waals surface area (Å²) in [6.07, 6.45) is 0.896. The number of carbonyl (C=O) groups is 2. The maximum atomic E-state index is 14.5. The summed E-state index contributed by atoms with van der Waals surface area (Å²) >= 11 is 18.8. The van der Waals surface area contributed by atoms with Crippen LogP contribution >= 0.6 is 34.8 Å². The fourth-order valence-electron chi connectivity index (χ4n) is 4.84. The molecular weight excluding hydrogens is 653 g/mol. The van der Waals surface area contributed by atoms with Gasteiger partial charge < -0.3 is 10.2 Å². The van der Waals surface area contributed by atoms with Crippen LogP contribution in [0.2, 0.25) is 15.1 Å². The lowest BCUT2D eigenvalue weighted by Gasteiger charge is -2.34. The standard InChI is InChI=1S/C34H34Cl3N3O4S/c1-3-18-38-34(42)32(20-25-10-6-4-7-11-25)39(22-26-15-17-29(36)30(37)19-26)33(41)23-40(31-21-27(35)16-14-24(31)2)45(43,44)28-12-8-5-9-13-28/h4-17,19,21,32H,3,18,20,22-23H2,1-2H3,(H,38,42). The monoisotopic (exact) mass is 685 g/mol. The van der Waals surface area contributed by atoms with Crippen LogP contribution in [0.25, 0.3) is 0 Å². The molecule has 0 radical (unpaired) electrons. The van der Waals surface area contributed by atoms with Crippen molar-refractivity contribution in [3.05, 3.63) is 129 Å². The molecule has 1 atom stereocenters. The molecule has 7 nitrogen and oxygen atoms in total. The molecule has 0 heterocycles. The van der Waals surface area contributed by atoms with Crippen molar-refractivity contribution < 1.29 is 18.0 Å². The maximum Gasteiger partial charge on any atom is 0.264 e. The van der Waals surface area contributed by atoms with Gasteiger partial charge in [-0.05, 0) is 66.4 Å². The van der Waals surface area contributed by atoms with Crippen molar-refractivity contribution in [2.45, 2.75) is 44.2 Å². The van der Waals surface area contributed by atoms with Crippen molar-refractivity contribution in [3.63, 3.8) is 0 Å². The fourth-order valence-corrected chi connectivity index (χ4v) is 6.82. The third kappa shape index (κ3) is 8.79. The summed E-state index contributed by atoms with van der Waals surface area (Å²) in [7, 11) is -4.24. The molecule has 0 saturated carbocycles. The number of nitrogens with one attached hydrogen (secondary N) is 1. The Bertz CT molecular complexity index is 1740. The second kappa shape index (κ2) is 15.6. The van der Waals surface area contributed by atoms with E-state index in [1.165, 1.54) is 23.1 Å². The van der Waals surface area contributed by atoms with E-state index in [1.807, 2.05) is 37.3 Å². The highest BCUT2D eigenvalue weighted by Gasteiger charge is 2.35. The Morgan fingerprint density at radius 1 is 0.822 bits per heavy atom. The molecule has 0 aliphatic heterocycles. The van der Waals surface area contributed by atoms with Gasteiger partial charge in [-0.3, -0.25) is 13.9 Å². The van der Waals surface area contributed by atoms with Crippen LogP contribution in [0.1, 0.15) is 30.0 Å². The van der Waals surface area contributed by atoms with E-state index in [4.69, 9.17) is 34.8 Å². The van der Waals surface area contributed by atoms with Crippen LogP contribution in [-0.4, -0.2) is 44.3 Å². The van der Waals surface area contributed by atoms with Gasteiger partial charge in [-0.2, -0.15) is 0 Å². The summed E-state index contributed by atoms with van der Waals surface area (Å²) in [5, 5.41) is 3.87. The van der Waals surface area contributed by atoms with E-state index in [0.29, 0.717) is 39.2 Å². The minimum Gasteiger partial charge on any atom is -0.354 e. The number of nitrogens with zero attached hydrogens (tertiary/aromatic N) is 2. The Hall–Kier alpha value is -3.56. The number of benzene rings is 4. The van der Waals surface area contributed by atoms with Gasteiger partial charge in [0.05, 0.1) is 20.6 Å². The number of aryl methyl sites for hydroxylation is 1. The van der Waals surface area contributed by atoms with Crippen LogP contribution in [-0.2, 0) is 32.6 Å². The molecule has 2 amide bonds. The first-order chi connectivity index (χ1) is 21.5. The van der Waals surface area contributed by atoms with Gasteiger partial charge in [-0.15, -0.1) is 0 Å². The van der Waals surface area contributed by atoms with Crippen molar-refractivity contribution in [1.82, 2.24) is 10.2 Å². The van der Waals surface area contributed by atoms with Crippen LogP contribution in [0.15, 0.2) is 102 Å². The summed E-state index contributed by atoms with van der Waals surface area (Å²) in [4.78, 5) is 29.7. The molecule has 11 heteroatoms. The van der Waals surface area contributed by atoms with Crippen molar-refractivity contribution in [2.24, 2.45) is 0 Å². The number of amides is 2. The van der Waals surface area contributed by atoms with Crippen LogP contribution < -0.4 is 9.62 Å². The summed E-state index contributed by atoms with van der Waals surface area (Å²) in [5.41, 5.74) is 2.31. The zero-order valence-corrected chi connectivity index (χ0v) is 28.0. The van der Waals surface area contributed by atoms with E-state index in [2.05, 4.69) is 5.32 Å². The van der Waals surface area contributed by atoms with Gasteiger partial charge >= 0.3 is 0 Å². The Balaban J connectivity index is 1.83. The van der Waals surface area contributed by atoms with E-state index in [0.717, 1.165) is 9.87 Å². The molecule has 0 saturated heterocycles. The summed E-state index contributed by atoms with van der Waals surface area (Å²) in [6.45, 7) is 3.47. The van der Waals surface area contributed by atoms with Crippen LogP contribution in [0, 0.1) is 6.92 Å². The molecular formula is C34H34Cl3N3O4S. The minimum atomic E-state index is -4.24. The number of hydrogen-bond acceptors (Lipinski definition) is 4. The van der Waals surface area contributed by atoms with Crippen molar-refractivity contribution in [1.29, 1.82) is 0 Å². The SMILES string of the molecule is CCCNC(=O)C(Cc1ccccc1)N(Cc1ccc(Cl)c(Cl)c1)C(=O)CN(c1cc(Cl)ccc1C)S(=O)(=O)c1ccccc1. The highest BCUT2D eigenvalue weighted by Crippen LogP contribution is 2.30. The van der Waals surface area contributed by atoms with E-state index in [9.17, 15) is 18.0 Å². The van der Waals surface area contributed by atoms with E-state index in [1.54, 1.807) is 55.5 Å². The van der Waals surface area contributed by atoms with Crippen LogP contribution in [0.3, 0.4) is 0 Å². The van der Waals surface area contributed by atoms with Gasteiger partial charge in [0, 0.05) is 24.5 Å². The van der Waals surface area contributed by atoms with Gasteiger partial charge in [0.2, 0.25) is 11.8 Å². The normalized spacial score (nSPS) is 11.9. The lowest BCUT2D eigenvalue weighted by molar-refractivity contribution is -0.140.